The van der Waals surface area contributed by atoms with E-state index in [1.807, 2.05) is 21.8 Å². The average molecular weight is 448 g/mol. The molecule has 0 amide bonds. The molecule has 2 aromatic rings. The normalized spacial score (nSPS) is 24.8. The van der Waals surface area contributed by atoms with Crippen LogP contribution in [0.5, 0.6) is 0 Å². The van der Waals surface area contributed by atoms with Gasteiger partial charge in [0.2, 0.25) is 10.0 Å². The molecule has 1 saturated carbocycles. The van der Waals surface area contributed by atoms with E-state index < -0.39 is 14.9 Å². The predicted molar refractivity (Wildman–Crippen MR) is 118 cm³/mol. The summed E-state index contributed by atoms with van der Waals surface area (Å²) >= 11 is 0. The Morgan fingerprint density at radius 2 is 1.97 bits per heavy atom. The van der Waals surface area contributed by atoms with Gasteiger partial charge in [-0.1, -0.05) is 6.92 Å². The molecule has 2 heterocycles. The summed E-state index contributed by atoms with van der Waals surface area (Å²) in [6.07, 6.45) is 9.01. The second-order valence-corrected chi connectivity index (χ2v) is 10.4. The van der Waals surface area contributed by atoms with Crippen LogP contribution in [0.3, 0.4) is 0 Å². The predicted octanol–water partition coefficient (Wildman–Crippen LogP) is 3.49. The second-order valence-electron chi connectivity index (χ2n) is 8.71. The lowest BCUT2D eigenvalue weighted by Crippen LogP contribution is -2.38. The van der Waals surface area contributed by atoms with Gasteiger partial charge < -0.3 is 4.90 Å². The van der Waals surface area contributed by atoms with Crippen molar-refractivity contribution < 1.29 is 13.3 Å². The molecule has 2 aliphatic rings. The van der Waals surface area contributed by atoms with Crippen LogP contribution in [-0.2, 0) is 10.0 Å². The number of rotatable bonds is 6. The fourth-order valence-electron chi connectivity index (χ4n) is 4.64. The number of benzene rings is 1. The van der Waals surface area contributed by atoms with Gasteiger partial charge in [-0.2, -0.15) is 5.10 Å². The van der Waals surface area contributed by atoms with E-state index in [9.17, 15) is 18.5 Å². The smallest absolute Gasteiger partial charge is 0.293 e. The van der Waals surface area contributed by atoms with E-state index in [-0.39, 0.29) is 22.7 Å². The van der Waals surface area contributed by atoms with E-state index in [0.29, 0.717) is 24.7 Å². The minimum absolute atomic E-state index is 0.0535. The molecule has 1 saturated heterocycles. The highest BCUT2D eigenvalue weighted by Gasteiger charge is 2.30. The molecule has 4 rings (SSSR count). The number of piperidine rings is 1. The molecule has 1 aromatic carbocycles. The van der Waals surface area contributed by atoms with Crippen molar-refractivity contribution >= 4 is 21.4 Å². The van der Waals surface area contributed by atoms with Gasteiger partial charge in [0.25, 0.3) is 5.69 Å². The van der Waals surface area contributed by atoms with Crippen LogP contribution in [0.25, 0.3) is 0 Å². The van der Waals surface area contributed by atoms with Gasteiger partial charge >= 0.3 is 0 Å². The van der Waals surface area contributed by atoms with Gasteiger partial charge in [0.05, 0.1) is 15.9 Å². The van der Waals surface area contributed by atoms with E-state index in [1.165, 1.54) is 12.1 Å². The molecule has 31 heavy (non-hydrogen) atoms. The summed E-state index contributed by atoms with van der Waals surface area (Å²) in [7, 11) is -3.81. The van der Waals surface area contributed by atoms with Crippen LogP contribution in [0, 0.1) is 16.0 Å². The molecule has 10 heteroatoms. The van der Waals surface area contributed by atoms with Crippen molar-refractivity contribution in [3.63, 3.8) is 0 Å². The highest BCUT2D eigenvalue weighted by molar-refractivity contribution is 7.89. The Morgan fingerprint density at radius 3 is 2.65 bits per heavy atom. The van der Waals surface area contributed by atoms with Gasteiger partial charge in [0, 0.05) is 37.6 Å². The zero-order chi connectivity index (χ0) is 22.0. The lowest BCUT2D eigenvalue weighted by Gasteiger charge is -2.34. The largest absolute Gasteiger partial charge is 0.364 e. The maximum atomic E-state index is 12.9. The van der Waals surface area contributed by atoms with Gasteiger partial charge in [0.1, 0.15) is 5.69 Å². The van der Waals surface area contributed by atoms with Crippen molar-refractivity contribution in [3.05, 3.63) is 46.8 Å². The zero-order valence-electron chi connectivity index (χ0n) is 17.7. The molecule has 1 aromatic heterocycles. The van der Waals surface area contributed by atoms with Crippen LogP contribution >= 0.6 is 0 Å². The van der Waals surface area contributed by atoms with Crippen LogP contribution < -0.4 is 9.62 Å². The number of anilines is 1. The van der Waals surface area contributed by atoms with Gasteiger partial charge in [-0.15, -0.1) is 0 Å². The molecule has 2 fully saturated rings. The number of nitrogens with zero attached hydrogens (tertiary/aromatic N) is 4. The quantitative estimate of drug-likeness (QED) is 0.536. The minimum Gasteiger partial charge on any atom is -0.364 e. The molecule has 1 atom stereocenters. The van der Waals surface area contributed by atoms with Crippen LogP contribution in [0.15, 0.2) is 41.6 Å². The van der Waals surface area contributed by atoms with E-state index in [1.54, 1.807) is 12.3 Å². The molecular formula is C21H29N5O4S. The van der Waals surface area contributed by atoms with E-state index in [4.69, 9.17) is 0 Å². The summed E-state index contributed by atoms with van der Waals surface area (Å²) in [5, 5.41) is 16.1. The standard InChI is InChI=1S/C21H29N5O4S/c1-16-5-7-17(8-6-16)23-31(29,30)19-9-10-20(21(14-19)26(27)28)24-12-2-4-18(15-24)25-13-3-11-22-25/h3,9-11,13-14,16-18,23H,2,4-8,12,15H2,1H3. The molecule has 0 radical (unpaired) electrons. The van der Waals surface area contributed by atoms with Crippen LogP contribution in [0.2, 0.25) is 0 Å². The van der Waals surface area contributed by atoms with Crippen LogP contribution in [0.1, 0.15) is 51.5 Å². The molecule has 1 N–H and O–H groups in total. The van der Waals surface area contributed by atoms with Crippen LogP contribution in [0.4, 0.5) is 11.4 Å². The minimum atomic E-state index is -3.81. The topological polar surface area (TPSA) is 110 Å². The van der Waals surface area contributed by atoms with Crippen molar-refractivity contribution in [2.75, 3.05) is 18.0 Å². The molecule has 0 bridgehead atoms. The molecule has 1 unspecified atom stereocenters. The molecule has 1 aliphatic heterocycles. The third-order valence-electron chi connectivity index (χ3n) is 6.43. The number of sulfonamides is 1. The van der Waals surface area contributed by atoms with Gasteiger partial charge in [-0.3, -0.25) is 14.8 Å². The SMILES string of the molecule is CC1CCC(NS(=O)(=O)c2ccc(N3CCCC(n4cccn4)C3)c([N+](=O)[O-])c2)CC1. The maximum Gasteiger partial charge on any atom is 0.293 e. The van der Waals surface area contributed by atoms with Gasteiger partial charge in [0.15, 0.2) is 0 Å². The Balaban J connectivity index is 1.56. The van der Waals surface area contributed by atoms with Crippen molar-refractivity contribution in [2.45, 2.75) is 62.4 Å². The summed E-state index contributed by atoms with van der Waals surface area (Å²) in [6, 6.07) is 6.12. The number of aromatic nitrogens is 2. The highest BCUT2D eigenvalue weighted by Crippen LogP contribution is 2.35. The summed E-state index contributed by atoms with van der Waals surface area (Å²) in [5.74, 6) is 0.608. The number of nitro groups is 1. The Hall–Kier alpha value is -2.46. The monoisotopic (exact) mass is 447 g/mol. The Morgan fingerprint density at radius 1 is 1.19 bits per heavy atom. The van der Waals surface area contributed by atoms with Crippen molar-refractivity contribution in [3.8, 4) is 0 Å². The lowest BCUT2D eigenvalue weighted by atomic mass is 9.88. The Bertz CT molecular complexity index is 1020. The molecule has 9 nitrogen and oxygen atoms in total. The van der Waals surface area contributed by atoms with Crippen molar-refractivity contribution in [1.82, 2.24) is 14.5 Å². The fraction of sp³-hybridized carbons (Fsp3) is 0.571. The first-order chi connectivity index (χ1) is 14.8. The van der Waals surface area contributed by atoms with Crippen molar-refractivity contribution in [2.24, 2.45) is 5.92 Å². The zero-order valence-corrected chi connectivity index (χ0v) is 18.5. The lowest BCUT2D eigenvalue weighted by molar-refractivity contribution is -0.384. The summed E-state index contributed by atoms with van der Waals surface area (Å²) in [6.45, 7) is 3.45. The fourth-order valence-corrected chi connectivity index (χ4v) is 5.96. The third-order valence-corrected chi connectivity index (χ3v) is 7.95. The van der Waals surface area contributed by atoms with E-state index in [2.05, 4.69) is 16.7 Å². The number of nitrogens with one attached hydrogen (secondary N) is 1. The highest BCUT2D eigenvalue weighted by atomic mass is 32.2. The number of nitro benzene ring substituents is 1. The number of hydrogen-bond acceptors (Lipinski definition) is 6. The van der Waals surface area contributed by atoms with Crippen molar-refractivity contribution in [1.29, 1.82) is 0 Å². The Labute approximate surface area is 182 Å². The average Bonchev–Trinajstić information content (AvgIpc) is 3.30. The van der Waals surface area contributed by atoms with Crippen LogP contribution in [-0.4, -0.2) is 42.3 Å². The van der Waals surface area contributed by atoms with Gasteiger partial charge in [-0.25, -0.2) is 13.1 Å². The molecular weight excluding hydrogens is 418 g/mol. The van der Waals surface area contributed by atoms with E-state index in [0.717, 1.165) is 38.5 Å². The summed E-state index contributed by atoms with van der Waals surface area (Å²) < 4.78 is 30.4. The molecule has 0 spiro atoms. The third kappa shape index (κ3) is 4.90. The first kappa shape index (κ1) is 21.8. The second kappa shape index (κ2) is 8.96. The summed E-state index contributed by atoms with van der Waals surface area (Å²) in [5.41, 5.74) is 0.272. The first-order valence-corrected chi connectivity index (χ1v) is 12.4. The van der Waals surface area contributed by atoms with E-state index >= 15 is 0 Å². The first-order valence-electron chi connectivity index (χ1n) is 10.9. The Kier molecular flexibility index (Phi) is 6.29. The molecule has 168 valence electrons. The number of hydrogen-bond donors (Lipinski definition) is 1. The van der Waals surface area contributed by atoms with Gasteiger partial charge in [-0.05, 0) is 62.6 Å². The summed E-state index contributed by atoms with van der Waals surface area (Å²) in [4.78, 5) is 13.2. The molecule has 1 aliphatic carbocycles. The maximum absolute atomic E-state index is 12.9.